The van der Waals surface area contributed by atoms with Gasteiger partial charge in [-0.15, -0.1) is 0 Å². The Bertz CT molecular complexity index is 1920. The Hall–Kier alpha value is -4.96. The van der Waals surface area contributed by atoms with E-state index in [2.05, 4.69) is 17.0 Å². The molecule has 4 amide bonds. The highest BCUT2D eigenvalue weighted by atomic mass is 16.5. The summed E-state index contributed by atoms with van der Waals surface area (Å²) >= 11 is 0. The molecule has 0 spiro atoms. The summed E-state index contributed by atoms with van der Waals surface area (Å²) in [5, 5.41) is 11.6. The largest absolute Gasteiger partial charge is 0.507 e. The van der Waals surface area contributed by atoms with Crippen LogP contribution in [0.2, 0.25) is 0 Å². The second-order valence-corrected chi connectivity index (χ2v) is 14.8. The van der Waals surface area contributed by atoms with E-state index in [0.29, 0.717) is 42.0 Å². The van der Waals surface area contributed by atoms with E-state index in [1.165, 1.54) is 35.6 Å². The summed E-state index contributed by atoms with van der Waals surface area (Å²) in [5.74, 6) is -3.76. The van der Waals surface area contributed by atoms with Gasteiger partial charge in [0, 0.05) is 49.3 Å². The maximum atomic E-state index is 14.7. The molecule has 3 aromatic carbocycles. The normalized spacial score (nSPS) is 29.5. The lowest BCUT2D eigenvalue weighted by molar-refractivity contribution is -0.144. The number of carbonyl (C=O) groups is 4. The van der Waals surface area contributed by atoms with Crippen LogP contribution in [0.5, 0.6) is 17.2 Å². The third-order valence-corrected chi connectivity index (χ3v) is 12.3. The van der Waals surface area contributed by atoms with Crippen LogP contribution in [0.1, 0.15) is 49.7 Å². The van der Waals surface area contributed by atoms with Crippen LogP contribution >= 0.6 is 0 Å². The number of phenolic OH excluding ortho intramolecular Hbond substituents is 1. The van der Waals surface area contributed by atoms with E-state index < -0.39 is 35.0 Å². The highest BCUT2D eigenvalue weighted by Crippen LogP contribution is 2.65. The van der Waals surface area contributed by atoms with Gasteiger partial charge in [0.15, 0.2) is 0 Å². The maximum Gasteiger partial charge on any atom is 0.241 e. The van der Waals surface area contributed by atoms with Crippen LogP contribution in [0, 0.1) is 29.1 Å². The molecule has 4 fully saturated rings. The monoisotopic (exact) mass is 689 g/mol. The van der Waals surface area contributed by atoms with Crippen molar-refractivity contribution in [3.63, 3.8) is 0 Å². The molecule has 264 valence electrons. The number of anilines is 1. The van der Waals surface area contributed by atoms with Crippen molar-refractivity contribution in [1.29, 1.82) is 0 Å². The van der Waals surface area contributed by atoms with E-state index in [1.54, 1.807) is 37.3 Å². The molecule has 5 aliphatic rings. The number of aromatic hydroxyl groups is 1. The summed E-state index contributed by atoms with van der Waals surface area (Å²) in [4.78, 5) is 63.1. The van der Waals surface area contributed by atoms with E-state index in [0.717, 1.165) is 25.2 Å². The Kier molecular flexibility index (Phi) is 8.25. The number of ether oxygens (including phenoxy) is 2. The lowest BCUT2D eigenvalue weighted by Crippen LogP contribution is -2.49. The van der Waals surface area contributed by atoms with Crippen molar-refractivity contribution in [2.75, 3.05) is 32.2 Å². The number of methoxy groups -OCH3 is 2. The smallest absolute Gasteiger partial charge is 0.241 e. The van der Waals surface area contributed by atoms with Gasteiger partial charge in [-0.05, 0) is 56.2 Å². The number of carbonyl (C=O) groups excluding carboxylic acids is 4. The molecule has 0 aromatic heterocycles. The summed E-state index contributed by atoms with van der Waals surface area (Å²) in [6, 6.07) is 22.1. The molecule has 8 rings (SSSR count). The van der Waals surface area contributed by atoms with E-state index >= 15 is 0 Å². The third-order valence-electron chi connectivity index (χ3n) is 12.3. The lowest BCUT2D eigenvalue weighted by Gasteiger charge is -2.49. The van der Waals surface area contributed by atoms with Crippen molar-refractivity contribution in [3.05, 3.63) is 95.6 Å². The molecule has 3 saturated heterocycles. The summed E-state index contributed by atoms with van der Waals surface area (Å²) in [7, 11) is 2.98. The lowest BCUT2D eigenvalue weighted by atomic mass is 9.51. The van der Waals surface area contributed by atoms with E-state index in [1.807, 2.05) is 30.3 Å². The number of likely N-dealkylation sites (tertiary alicyclic amines) is 2. The van der Waals surface area contributed by atoms with Gasteiger partial charge in [0.05, 0.1) is 43.1 Å². The summed E-state index contributed by atoms with van der Waals surface area (Å²) in [6.45, 7) is 4.19. The summed E-state index contributed by atoms with van der Waals surface area (Å²) in [5.41, 5.74) is 1.57. The molecule has 6 atom stereocenters. The number of phenols is 1. The fourth-order valence-electron chi connectivity index (χ4n) is 9.87. The second kappa shape index (κ2) is 12.7. The number of fused-ring (bicyclic) bond motifs is 4. The standard InChI is InChI=1S/C41H43N3O7/c1-41-31(38(47)44(40(41)49)25-12-8-5-9-13-25)22-30-28(36(41)35-32(45)20-27(50-2)21-33(35)51-3)14-15-29-34(30)39(48)43(37(29)46)26-16-18-42(19-17-26)23-24-10-6-4-7-11-24/h4-14,20-21,26,29-31,34,36,45H,15-19,22-23H2,1-3H3. The predicted molar refractivity (Wildman–Crippen MR) is 189 cm³/mol. The third kappa shape index (κ3) is 5.09. The Morgan fingerprint density at radius 2 is 1.53 bits per heavy atom. The second-order valence-electron chi connectivity index (χ2n) is 14.8. The van der Waals surface area contributed by atoms with Gasteiger partial charge in [-0.25, -0.2) is 4.90 Å². The van der Waals surface area contributed by atoms with Crippen LogP contribution in [0.3, 0.4) is 0 Å². The van der Waals surface area contributed by atoms with Gasteiger partial charge in [0.25, 0.3) is 0 Å². The number of allylic oxidation sites excluding steroid dienone is 2. The number of piperidine rings is 1. The Balaban J connectivity index is 1.16. The highest BCUT2D eigenvalue weighted by Gasteiger charge is 2.68. The first-order valence-electron chi connectivity index (χ1n) is 17.9. The molecule has 1 N–H and O–H groups in total. The van der Waals surface area contributed by atoms with Crippen LogP contribution < -0.4 is 14.4 Å². The molecule has 6 unspecified atom stereocenters. The number of hydrogen-bond donors (Lipinski definition) is 1. The maximum absolute atomic E-state index is 14.7. The van der Waals surface area contributed by atoms with Gasteiger partial charge >= 0.3 is 0 Å². The quantitative estimate of drug-likeness (QED) is 0.263. The van der Waals surface area contributed by atoms with E-state index in [-0.39, 0.29) is 41.8 Å². The first-order valence-corrected chi connectivity index (χ1v) is 17.9. The molecule has 0 radical (unpaired) electrons. The Labute approximate surface area is 297 Å². The first-order chi connectivity index (χ1) is 24.7. The van der Waals surface area contributed by atoms with Crippen molar-refractivity contribution in [2.45, 2.75) is 51.1 Å². The number of para-hydroxylation sites is 1. The van der Waals surface area contributed by atoms with Crippen LogP contribution in [0.15, 0.2) is 84.4 Å². The summed E-state index contributed by atoms with van der Waals surface area (Å²) < 4.78 is 11.3. The van der Waals surface area contributed by atoms with Crippen LogP contribution in [-0.4, -0.2) is 71.9 Å². The molecule has 10 nitrogen and oxygen atoms in total. The minimum absolute atomic E-state index is 0.129. The number of nitrogens with zero attached hydrogens (tertiary/aromatic N) is 3. The first kappa shape index (κ1) is 33.2. The fourth-order valence-corrected chi connectivity index (χ4v) is 9.87. The van der Waals surface area contributed by atoms with Crippen molar-refractivity contribution in [3.8, 4) is 17.2 Å². The molecule has 10 heteroatoms. The number of rotatable bonds is 7. The van der Waals surface area contributed by atoms with Crippen LogP contribution in [-0.2, 0) is 25.7 Å². The molecule has 3 aliphatic heterocycles. The molecular formula is C41H43N3O7. The van der Waals surface area contributed by atoms with E-state index in [9.17, 15) is 24.3 Å². The van der Waals surface area contributed by atoms with Gasteiger partial charge < -0.3 is 14.6 Å². The zero-order valence-electron chi connectivity index (χ0n) is 29.2. The predicted octanol–water partition coefficient (Wildman–Crippen LogP) is 5.30. The van der Waals surface area contributed by atoms with Crippen LogP contribution in [0.4, 0.5) is 5.69 Å². The fraction of sp³-hybridized carbons (Fsp3) is 0.415. The number of benzene rings is 3. The Morgan fingerprint density at radius 1 is 0.843 bits per heavy atom. The molecule has 2 aliphatic carbocycles. The molecule has 0 bridgehead atoms. The number of imide groups is 2. The molecule has 51 heavy (non-hydrogen) atoms. The molecule has 1 saturated carbocycles. The van der Waals surface area contributed by atoms with Crippen molar-refractivity contribution in [1.82, 2.24) is 9.80 Å². The van der Waals surface area contributed by atoms with Crippen LogP contribution in [0.25, 0.3) is 0 Å². The van der Waals surface area contributed by atoms with E-state index in [4.69, 9.17) is 9.47 Å². The number of hydrogen-bond acceptors (Lipinski definition) is 8. The topological polar surface area (TPSA) is 117 Å². The van der Waals surface area contributed by atoms with Gasteiger partial charge in [-0.2, -0.15) is 0 Å². The van der Waals surface area contributed by atoms with Gasteiger partial charge in [-0.1, -0.05) is 60.2 Å². The minimum Gasteiger partial charge on any atom is -0.507 e. The average Bonchev–Trinajstić information content (AvgIpc) is 3.52. The molecule has 3 aromatic rings. The summed E-state index contributed by atoms with van der Waals surface area (Å²) in [6.07, 6.45) is 3.99. The average molecular weight is 690 g/mol. The zero-order chi connectivity index (χ0) is 35.6. The zero-order valence-corrected chi connectivity index (χ0v) is 29.2. The minimum atomic E-state index is -1.31. The number of amides is 4. The molecular weight excluding hydrogens is 646 g/mol. The van der Waals surface area contributed by atoms with Gasteiger partial charge in [0.2, 0.25) is 23.6 Å². The van der Waals surface area contributed by atoms with Gasteiger partial charge in [-0.3, -0.25) is 29.0 Å². The molecule has 3 heterocycles. The Morgan fingerprint density at radius 3 is 2.20 bits per heavy atom. The van der Waals surface area contributed by atoms with Gasteiger partial charge in [0.1, 0.15) is 17.2 Å². The van der Waals surface area contributed by atoms with Crippen molar-refractivity contribution >= 4 is 29.3 Å². The SMILES string of the molecule is COc1cc(O)c(C2C3=CCC4C(=O)N(C5CCN(Cc6ccccc6)CC5)C(=O)C4C3CC3C(=O)N(c4ccccc4)C(=O)C32C)c(OC)c1. The van der Waals surface area contributed by atoms with Crippen molar-refractivity contribution in [2.24, 2.45) is 29.1 Å². The highest BCUT2D eigenvalue weighted by molar-refractivity contribution is 6.24. The van der Waals surface area contributed by atoms with Crippen molar-refractivity contribution < 1.29 is 33.8 Å².